The van der Waals surface area contributed by atoms with Crippen molar-refractivity contribution < 1.29 is 60.9 Å². The van der Waals surface area contributed by atoms with Gasteiger partial charge in [-0.3, -0.25) is 4.79 Å². The van der Waals surface area contributed by atoms with Gasteiger partial charge < -0.3 is 17.9 Å². The number of carbonyl (C=O) groups excluding carboxylic acids is 1. The summed E-state index contributed by atoms with van der Waals surface area (Å²) in [6, 6.07) is 9.54. The Morgan fingerprint density at radius 1 is 1.43 bits per heavy atom. The van der Waals surface area contributed by atoms with Crippen molar-refractivity contribution in [3.63, 3.8) is 0 Å². The quantitative estimate of drug-likeness (QED) is 0.282. The number of hydrogen-bond donors (Lipinski definition) is 1. The van der Waals surface area contributed by atoms with Gasteiger partial charge in [0.05, 0.1) is 6.42 Å². The maximum atomic E-state index is 10.9. The first-order chi connectivity index (χ1) is 5.83. The number of esters is 1. The fourth-order valence-corrected chi connectivity index (χ4v) is 0.740. The van der Waals surface area contributed by atoms with E-state index in [1.54, 1.807) is 24.3 Å². The van der Waals surface area contributed by atoms with Crippen molar-refractivity contribution in [1.29, 1.82) is 0 Å². The number of carbonyl (C=O) groups is 1. The minimum Gasteiger partial charge on any atom is -0.453 e. The number of hydrogen-bond acceptors (Lipinski definition) is 3. The van der Waals surface area contributed by atoms with Gasteiger partial charge in [-0.05, 0) is 0 Å². The van der Waals surface area contributed by atoms with E-state index < -0.39 is 0 Å². The first-order valence-electron chi connectivity index (χ1n) is 3.70. The molecule has 0 fully saturated rings. The van der Waals surface area contributed by atoms with E-state index in [0.717, 1.165) is 0 Å². The zero-order valence-electron chi connectivity index (χ0n) is 8.62. The molecule has 0 radical (unpaired) electrons. The zero-order valence-corrected chi connectivity index (χ0v) is 11.7. The van der Waals surface area contributed by atoms with Crippen LogP contribution in [0.15, 0.2) is 24.3 Å². The fourth-order valence-electron chi connectivity index (χ4n) is 0.740. The van der Waals surface area contributed by atoms with Crippen molar-refractivity contribution in [1.82, 2.24) is 0 Å². The van der Waals surface area contributed by atoms with Crippen LogP contribution in [0.2, 0.25) is 0 Å². The Morgan fingerprint density at radius 2 is 2.00 bits per heavy atom. The molecule has 0 bridgehead atoms. The Bertz CT molecular complexity index is 252. The molecule has 0 unspecified atom stereocenters. The molecule has 3 nitrogen and oxygen atoms in total. The van der Waals surface area contributed by atoms with Crippen molar-refractivity contribution in [3.05, 3.63) is 37.8 Å². The maximum Gasteiger partial charge on any atom is 1.00 e. The SMILES string of the molecule is NCCC(=O)Oc1cc[c-]cc1.[CH3-].[K+]. The summed E-state index contributed by atoms with van der Waals surface area (Å²) in [7, 11) is 0. The summed E-state index contributed by atoms with van der Waals surface area (Å²) < 4.78 is 4.92. The fraction of sp³-hybridized carbons (Fsp3) is 0.200. The van der Waals surface area contributed by atoms with Crippen LogP contribution in [0.5, 0.6) is 5.75 Å². The molecule has 0 amide bonds. The molecule has 0 atom stereocenters. The Morgan fingerprint density at radius 3 is 2.50 bits per heavy atom. The molecule has 0 saturated carbocycles. The average molecular weight is 218 g/mol. The molecule has 0 heterocycles. The van der Waals surface area contributed by atoms with E-state index >= 15 is 0 Å². The minimum absolute atomic E-state index is 0. The zero-order chi connectivity index (χ0) is 8.81. The molecule has 0 aliphatic rings. The molecule has 1 aromatic carbocycles. The number of nitrogens with two attached hydrogens (primary N) is 1. The molecule has 0 aromatic heterocycles. The van der Waals surface area contributed by atoms with Gasteiger partial charge in [-0.25, -0.2) is 0 Å². The molecule has 14 heavy (non-hydrogen) atoms. The summed E-state index contributed by atoms with van der Waals surface area (Å²) in [5.41, 5.74) is 5.18. The monoisotopic (exact) mass is 218 g/mol. The van der Waals surface area contributed by atoms with E-state index in [2.05, 4.69) is 6.07 Å². The second-order valence-corrected chi connectivity index (χ2v) is 2.25. The van der Waals surface area contributed by atoms with Crippen LogP contribution in [0.3, 0.4) is 0 Å². The van der Waals surface area contributed by atoms with Gasteiger partial charge in [-0.15, -0.1) is 12.1 Å². The normalized spacial score (nSPS) is 8.07. The third-order valence-electron chi connectivity index (χ3n) is 1.27. The van der Waals surface area contributed by atoms with Crippen LogP contribution < -0.4 is 61.9 Å². The van der Waals surface area contributed by atoms with E-state index in [-0.39, 0.29) is 71.2 Å². The van der Waals surface area contributed by atoms with Crippen molar-refractivity contribution >= 4 is 5.97 Å². The average Bonchev–Trinajstić information content (AvgIpc) is 2.06. The van der Waals surface area contributed by atoms with Gasteiger partial charge in [0, 0.05) is 12.3 Å². The van der Waals surface area contributed by atoms with Gasteiger partial charge >= 0.3 is 57.4 Å². The van der Waals surface area contributed by atoms with Gasteiger partial charge in [0.25, 0.3) is 0 Å². The molecule has 1 aromatic rings. The van der Waals surface area contributed by atoms with E-state index in [1.807, 2.05) is 0 Å². The van der Waals surface area contributed by atoms with Crippen molar-refractivity contribution in [3.8, 4) is 5.75 Å². The predicted molar refractivity (Wildman–Crippen MR) is 51.0 cm³/mol. The van der Waals surface area contributed by atoms with Crippen LogP contribution in [0.4, 0.5) is 0 Å². The van der Waals surface area contributed by atoms with Crippen molar-refractivity contribution in [2.75, 3.05) is 6.54 Å². The topological polar surface area (TPSA) is 52.3 Å². The molecule has 0 aliphatic carbocycles. The molecule has 1 rings (SSSR count). The van der Waals surface area contributed by atoms with Crippen molar-refractivity contribution in [2.24, 2.45) is 5.73 Å². The molecule has 0 aliphatic heterocycles. The van der Waals surface area contributed by atoms with Crippen LogP contribution in [-0.4, -0.2) is 12.5 Å². The smallest absolute Gasteiger partial charge is 0.453 e. The Balaban J connectivity index is 0. The number of ether oxygens (including phenoxy) is 1. The molecule has 2 N–H and O–H groups in total. The summed E-state index contributed by atoms with van der Waals surface area (Å²) in [6.07, 6.45) is 0.249. The van der Waals surface area contributed by atoms with E-state index in [4.69, 9.17) is 10.5 Å². The molecule has 72 valence electrons. The summed E-state index contributed by atoms with van der Waals surface area (Å²) in [5.74, 6) is 0.232. The Labute approximate surface area is 127 Å². The number of benzene rings is 1. The Hall–Kier alpha value is 0.286. The third kappa shape index (κ3) is 6.70. The second-order valence-electron chi connectivity index (χ2n) is 2.25. The minimum atomic E-state index is -0.302. The summed E-state index contributed by atoms with van der Waals surface area (Å²) in [4.78, 5) is 10.9. The predicted octanol–water partition coefficient (Wildman–Crippen LogP) is -1.80. The standard InChI is InChI=1S/C9H10NO2.CH3.K/c10-7-6-9(11)12-8-4-2-1-3-5-8;;/h2-5H,6-7,10H2;1H3;/q2*-1;+1. The molecular weight excluding hydrogens is 205 g/mol. The van der Waals surface area contributed by atoms with E-state index in [1.165, 1.54) is 0 Å². The molecule has 0 spiro atoms. The van der Waals surface area contributed by atoms with Crippen LogP contribution >= 0.6 is 0 Å². The van der Waals surface area contributed by atoms with Crippen LogP contribution in [0, 0.1) is 13.5 Å². The Kier molecular flexibility index (Phi) is 11.7. The summed E-state index contributed by atoms with van der Waals surface area (Å²) in [5, 5.41) is 0. The molecular formula is C10H13KNO2-. The maximum absolute atomic E-state index is 10.9. The molecule has 0 saturated heterocycles. The molecule has 4 heteroatoms. The number of rotatable bonds is 3. The van der Waals surface area contributed by atoms with Gasteiger partial charge in [-0.2, -0.15) is 18.2 Å². The van der Waals surface area contributed by atoms with Gasteiger partial charge in [0.1, 0.15) is 0 Å². The third-order valence-corrected chi connectivity index (χ3v) is 1.27. The van der Waals surface area contributed by atoms with Crippen LogP contribution in [0.25, 0.3) is 0 Å². The van der Waals surface area contributed by atoms with Gasteiger partial charge in [0.15, 0.2) is 0 Å². The van der Waals surface area contributed by atoms with Crippen molar-refractivity contribution in [2.45, 2.75) is 6.42 Å². The summed E-state index contributed by atoms with van der Waals surface area (Å²) in [6.45, 7) is 0.317. The van der Waals surface area contributed by atoms with Crippen LogP contribution in [0.1, 0.15) is 6.42 Å². The van der Waals surface area contributed by atoms with E-state index in [0.29, 0.717) is 12.3 Å². The van der Waals surface area contributed by atoms with Gasteiger partial charge in [-0.1, -0.05) is 0 Å². The van der Waals surface area contributed by atoms with Crippen LogP contribution in [-0.2, 0) is 4.79 Å². The first kappa shape index (κ1) is 16.7. The summed E-state index contributed by atoms with van der Waals surface area (Å²) >= 11 is 0. The largest absolute Gasteiger partial charge is 1.00 e. The first-order valence-corrected chi connectivity index (χ1v) is 3.70. The second kappa shape index (κ2) is 9.83. The van der Waals surface area contributed by atoms with E-state index in [9.17, 15) is 4.79 Å². The van der Waals surface area contributed by atoms with Gasteiger partial charge in [0.2, 0.25) is 0 Å².